The molecule has 1 aromatic carbocycles. The van der Waals surface area contributed by atoms with Gasteiger partial charge in [0.2, 0.25) is 11.8 Å². The third kappa shape index (κ3) is 2.03. The fraction of sp³-hybridized carbons (Fsp3) is 0.231. The van der Waals surface area contributed by atoms with Gasteiger partial charge in [0.05, 0.1) is 11.1 Å². The molecule has 2 aliphatic heterocycles. The van der Waals surface area contributed by atoms with Crippen molar-refractivity contribution in [3.63, 3.8) is 0 Å². The summed E-state index contributed by atoms with van der Waals surface area (Å²) in [5.74, 6) is -1.54. The van der Waals surface area contributed by atoms with E-state index in [1.54, 1.807) is 6.07 Å². The Hall–Kier alpha value is -2.70. The van der Waals surface area contributed by atoms with Crippen LogP contribution < -0.4 is 16.0 Å². The van der Waals surface area contributed by atoms with Crippen LogP contribution in [0.5, 0.6) is 0 Å². The van der Waals surface area contributed by atoms with Crippen LogP contribution in [0.4, 0.5) is 5.69 Å². The molecule has 0 bridgehead atoms. The Morgan fingerprint density at radius 1 is 1.00 bits per heavy atom. The maximum absolute atomic E-state index is 11.6. The van der Waals surface area contributed by atoms with Crippen molar-refractivity contribution >= 4 is 29.3 Å². The quantitative estimate of drug-likeness (QED) is 0.647. The standard InChI is InChI=1S/C13H11N3O4/c17-10-4-3-9(13(20)15-10)14-6-1-2-7-8(5-6)12(19)16-11(7)18/h1-2,5,9,14H,3-4H2,(H,15,17,20)(H,16,18,19). The first-order chi connectivity index (χ1) is 9.54. The Balaban J connectivity index is 1.81. The lowest BCUT2D eigenvalue weighted by molar-refractivity contribution is -0.133. The summed E-state index contributed by atoms with van der Waals surface area (Å²) in [6.07, 6.45) is 0.667. The van der Waals surface area contributed by atoms with E-state index in [-0.39, 0.29) is 23.8 Å². The molecule has 0 aliphatic carbocycles. The van der Waals surface area contributed by atoms with E-state index in [4.69, 9.17) is 0 Å². The van der Waals surface area contributed by atoms with Crippen LogP contribution in [0.1, 0.15) is 33.6 Å². The van der Waals surface area contributed by atoms with Crippen LogP contribution in [0, 0.1) is 0 Å². The van der Waals surface area contributed by atoms with Crippen LogP contribution in [0.2, 0.25) is 0 Å². The maximum Gasteiger partial charge on any atom is 0.259 e. The minimum Gasteiger partial charge on any atom is -0.374 e. The first-order valence-corrected chi connectivity index (χ1v) is 6.14. The minimum absolute atomic E-state index is 0.271. The predicted molar refractivity (Wildman–Crippen MR) is 68.0 cm³/mol. The molecular formula is C13H11N3O4. The van der Waals surface area contributed by atoms with E-state index >= 15 is 0 Å². The van der Waals surface area contributed by atoms with Gasteiger partial charge in [0.15, 0.2) is 0 Å². The van der Waals surface area contributed by atoms with Gasteiger partial charge in [-0.15, -0.1) is 0 Å². The van der Waals surface area contributed by atoms with Crippen molar-refractivity contribution in [1.29, 1.82) is 0 Å². The minimum atomic E-state index is -0.522. The van der Waals surface area contributed by atoms with Crippen molar-refractivity contribution in [3.8, 4) is 0 Å². The van der Waals surface area contributed by atoms with Crippen LogP contribution >= 0.6 is 0 Å². The summed E-state index contributed by atoms with van der Waals surface area (Å²) in [6, 6.07) is 4.16. The number of piperidine rings is 1. The number of carbonyl (C=O) groups excluding carboxylic acids is 4. The highest BCUT2D eigenvalue weighted by Gasteiger charge is 2.29. The van der Waals surface area contributed by atoms with E-state index in [0.29, 0.717) is 17.7 Å². The van der Waals surface area contributed by atoms with Gasteiger partial charge in [-0.1, -0.05) is 0 Å². The van der Waals surface area contributed by atoms with E-state index in [0.717, 1.165) is 0 Å². The first-order valence-electron chi connectivity index (χ1n) is 6.14. The van der Waals surface area contributed by atoms with Crippen LogP contribution in [0.25, 0.3) is 0 Å². The number of nitrogens with one attached hydrogen (secondary N) is 3. The smallest absolute Gasteiger partial charge is 0.259 e. The topological polar surface area (TPSA) is 104 Å². The van der Waals surface area contributed by atoms with Crippen LogP contribution in [-0.4, -0.2) is 29.7 Å². The Bertz CT molecular complexity index is 653. The molecule has 1 aromatic rings. The molecule has 102 valence electrons. The van der Waals surface area contributed by atoms with Gasteiger partial charge in [0.1, 0.15) is 6.04 Å². The van der Waals surface area contributed by atoms with Crippen LogP contribution in [0.15, 0.2) is 18.2 Å². The molecule has 0 radical (unpaired) electrons. The largest absolute Gasteiger partial charge is 0.374 e. The molecule has 3 rings (SSSR count). The van der Waals surface area contributed by atoms with Crippen molar-refractivity contribution in [2.24, 2.45) is 0 Å². The van der Waals surface area contributed by atoms with Gasteiger partial charge in [0, 0.05) is 12.1 Å². The lowest BCUT2D eigenvalue weighted by Crippen LogP contribution is -2.47. The van der Waals surface area contributed by atoms with Crippen LogP contribution in [0.3, 0.4) is 0 Å². The number of carbonyl (C=O) groups is 4. The molecule has 4 amide bonds. The highest BCUT2D eigenvalue weighted by atomic mass is 16.2. The van der Waals surface area contributed by atoms with Crippen LogP contribution in [-0.2, 0) is 9.59 Å². The Kier molecular flexibility index (Phi) is 2.74. The van der Waals surface area contributed by atoms with E-state index in [2.05, 4.69) is 16.0 Å². The van der Waals surface area contributed by atoms with Crippen molar-refractivity contribution in [3.05, 3.63) is 29.3 Å². The molecular weight excluding hydrogens is 262 g/mol. The van der Waals surface area contributed by atoms with E-state index in [1.807, 2.05) is 0 Å². The highest BCUT2D eigenvalue weighted by molar-refractivity contribution is 6.21. The Morgan fingerprint density at radius 3 is 2.50 bits per heavy atom. The van der Waals surface area contributed by atoms with Gasteiger partial charge in [-0.05, 0) is 24.6 Å². The Morgan fingerprint density at radius 2 is 1.75 bits per heavy atom. The zero-order chi connectivity index (χ0) is 14.3. The van der Waals surface area contributed by atoms with Gasteiger partial charge in [0.25, 0.3) is 11.8 Å². The maximum atomic E-state index is 11.6. The van der Waals surface area contributed by atoms with E-state index < -0.39 is 17.9 Å². The second-order valence-electron chi connectivity index (χ2n) is 4.69. The number of benzene rings is 1. The molecule has 1 fully saturated rings. The van der Waals surface area contributed by atoms with Gasteiger partial charge in [-0.2, -0.15) is 0 Å². The summed E-state index contributed by atoms with van der Waals surface area (Å²) in [7, 11) is 0. The zero-order valence-electron chi connectivity index (χ0n) is 10.4. The second kappa shape index (κ2) is 4.44. The van der Waals surface area contributed by atoms with Gasteiger partial charge >= 0.3 is 0 Å². The van der Waals surface area contributed by atoms with Gasteiger partial charge in [-0.3, -0.25) is 29.8 Å². The van der Waals surface area contributed by atoms with E-state index in [9.17, 15) is 19.2 Å². The molecule has 7 heteroatoms. The third-order valence-corrected chi connectivity index (χ3v) is 3.32. The van der Waals surface area contributed by atoms with Gasteiger partial charge < -0.3 is 5.32 Å². The SMILES string of the molecule is O=C1CCC(Nc2ccc3c(c2)C(=O)NC3=O)C(=O)N1. The third-order valence-electron chi connectivity index (χ3n) is 3.32. The Labute approximate surface area is 113 Å². The average Bonchev–Trinajstić information content (AvgIpc) is 2.68. The summed E-state index contributed by atoms with van der Waals surface area (Å²) in [6.45, 7) is 0. The summed E-state index contributed by atoms with van der Waals surface area (Å²) >= 11 is 0. The molecule has 7 nitrogen and oxygen atoms in total. The molecule has 1 saturated heterocycles. The van der Waals surface area contributed by atoms with Crippen molar-refractivity contribution < 1.29 is 19.2 Å². The molecule has 0 saturated carbocycles. The average molecular weight is 273 g/mol. The molecule has 2 heterocycles. The van der Waals surface area contributed by atoms with Gasteiger partial charge in [-0.25, -0.2) is 0 Å². The second-order valence-corrected chi connectivity index (χ2v) is 4.69. The van der Waals surface area contributed by atoms with Crippen molar-refractivity contribution in [2.75, 3.05) is 5.32 Å². The van der Waals surface area contributed by atoms with Crippen molar-refractivity contribution in [2.45, 2.75) is 18.9 Å². The number of rotatable bonds is 2. The number of amides is 4. The zero-order valence-corrected chi connectivity index (χ0v) is 10.4. The lowest BCUT2D eigenvalue weighted by atomic mass is 10.0. The molecule has 0 spiro atoms. The summed E-state index contributed by atoms with van der Waals surface area (Å²) in [5, 5.41) is 7.40. The number of hydrogen-bond donors (Lipinski definition) is 3. The fourth-order valence-electron chi connectivity index (χ4n) is 2.29. The number of imide groups is 2. The van der Waals surface area contributed by atoms with E-state index in [1.165, 1.54) is 12.1 Å². The predicted octanol–water partition coefficient (Wildman–Crippen LogP) is -0.213. The molecule has 1 unspecified atom stereocenters. The number of anilines is 1. The van der Waals surface area contributed by atoms with Crippen molar-refractivity contribution in [1.82, 2.24) is 10.6 Å². The molecule has 0 aromatic heterocycles. The first kappa shape index (κ1) is 12.3. The fourth-order valence-corrected chi connectivity index (χ4v) is 2.29. The molecule has 20 heavy (non-hydrogen) atoms. The number of fused-ring (bicyclic) bond motifs is 1. The number of hydrogen-bond acceptors (Lipinski definition) is 5. The molecule has 3 N–H and O–H groups in total. The normalized spacial score (nSPS) is 21.3. The monoisotopic (exact) mass is 273 g/mol. The summed E-state index contributed by atoms with van der Waals surface area (Å²) in [4.78, 5) is 45.6. The molecule has 1 atom stereocenters. The summed E-state index contributed by atoms with van der Waals surface area (Å²) in [5.41, 5.74) is 1.17. The molecule has 2 aliphatic rings. The summed E-state index contributed by atoms with van der Waals surface area (Å²) < 4.78 is 0. The lowest BCUT2D eigenvalue weighted by Gasteiger charge is -2.22. The highest BCUT2D eigenvalue weighted by Crippen LogP contribution is 2.21.